The maximum atomic E-state index is 6.91. The first-order valence-electron chi connectivity index (χ1n) is 10.9. The molecule has 4 heterocycles. The van der Waals surface area contributed by atoms with E-state index in [4.69, 9.17) is 10.8 Å². The molecule has 4 aliphatic rings. The molecule has 1 saturated heterocycles. The highest BCUT2D eigenvalue weighted by molar-refractivity contribution is 6.02. The van der Waals surface area contributed by atoms with Crippen molar-refractivity contribution in [3.63, 3.8) is 0 Å². The van der Waals surface area contributed by atoms with Crippen molar-refractivity contribution in [2.75, 3.05) is 19.6 Å². The number of rotatable bonds is 4. The molecular formula is C24H27N6+. The molecule has 1 saturated carbocycles. The molecule has 6 rings (SSSR count). The van der Waals surface area contributed by atoms with E-state index in [-0.39, 0.29) is 4.59 Å². The third kappa shape index (κ3) is 2.71. The first-order valence-corrected chi connectivity index (χ1v) is 10.9. The van der Waals surface area contributed by atoms with Gasteiger partial charge in [0.15, 0.2) is 0 Å². The van der Waals surface area contributed by atoms with Crippen LogP contribution in [0.5, 0.6) is 0 Å². The lowest BCUT2D eigenvalue weighted by molar-refractivity contribution is -0.750. The first-order chi connectivity index (χ1) is 14.6. The topological polar surface area (TPSA) is 66.9 Å². The largest absolute Gasteiger partial charge is 0.303 e. The monoisotopic (exact) mass is 399 g/mol. The van der Waals surface area contributed by atoms with E-state index in [2.05, 4.69) is 40.0 Å². The van der Waals surface area contributed by atoms with Crippen LogP contribution in [0.4, 0.5) is 0 Å². The Labute approximate surface area is 176 Å². The highest BCUT2D eigenvalue weighted by atomic mass is 15.6. The number of aliphatic imine (C=N–C) groups is 2. The second-order valence-corrected chi connectivity index (χ2v) is 9.11. The Hall–Kier alpha value is -2.67. The zero-order chi connectivity index (χ0) is 20.3. The number of benzene rings is 1. The SMILES string of the molecule is Cc1ccnc2cc(C3=NC(C4CC(CN5CCC5)C4)=C4C=NC=C[N+]34N)ccc12. The quantitative estimate of drug-likeness (QED) is 0.632. The third-order valence-corrected chi connectivity index (χ3v) is 7.13. The summed E-state index contributed by atoms with van der Waals surface area (Å²) in [6.07, 6.45) is 11.2. The minimum absolute atomic E-state index is 0.101. The second kappa shape index (κ2) is 6.67. The number of aromatic nitrogens is 1. The number of hydrogen-bond acceptors (Lipinski definition) is 5. The van der Waals surface area contributed by atoms with Gasteiger partial charge in [0.1, 0.15) is 11.9 Å². The Bertz CT molecular complexity index is 1150. The molecule has 0 spiro atoms. The molecule has 0 amide bonds. The van der Waals surface area contributed by atoms with E-state index >= 15 is 0 Å². The van der Waals surface area contributed by atoms with Crippen molar-refractivity contribution in [3.8, 4) is 0 Å². The number of allylic oxidation sites excluding steroid dienone is 2. The van der Waals surface area contributed by atoms with E-state index < -0.39 is 0 Å². The summed E-state index contributed by atoms with van der Waals surface area (Å²) in [5.41, 5.74) is 5.36. The van der Waals surface area contributed by atoms with Crippen LogP contribution in [0, 0.1) is 18.8 Å². The van der Waals surface area contributed by atoms with Gasteiger partial charge in [-0.05, 0) is 69.0 Å². The minimum Gasteiger partial charge on any atom is -0.303 e. The number of nitrogens with zero attached hydrogens (tertiary/aromatic N) is 5. The Morgan fingerprint density at radius 2 is 2.07 bits per heavy atom. The number of hydrogen-bond donors (Lipinski definition) is 1. The van der Waals surface area contributed by atoms with Crippen molar-refractivity contribution < 1.29 is 4.59 Å². The predicted molar refractivity (Wildman–Crippen MR) is 119 cm³/mol. The summed E-state index contributed by atoms with van der Waals surface area (Å²) in [5.74, 6) is 9.03. The summed E-state index contributed by atoms with van der Waals surface area (Å²) in [6, 6.07) is 8.41. The standard InChI is InChI=1S/C24H27N6/c1-16-5-6-27-21-13-18(3-4-20(16)21)24-28-23(22-14-26-7-10-30(22,24)25)19-11-17(12-19)15-29-8-2-9-29/h3-7,10,13-14,17,19H,2,8-9,11-12,15,25H2,1H3/q+1. The van der Waals surface area contributed by atoms with E-state index in [1.807, 2.05) is 24.7 Å². The third-order valence-electron chi connectivity index (χ3n) is 7.13. The molecule has 6 nitrogen and oxygen atoms in total. The van der Waals surface area contributed by atoms with Gasteiger partial charge in [0.05, 0.1) is 23.5 Å². The van der Waals surface area contributed by atoms with Crippen LogP contribution in [0.15, 0.2) is 64.2 Å². The highest BCUT2D eigenvalue weighted by Crippen LogP contribution is 2.45. The number of quaternary nitrogens is 1. The summed E-state index contributed by atoms with van der Waals surface area (Å²) in [4.78, 5) is 16.7. The number of aryl methyl sites for hydroxylation is 1. The number of fused-ring (bicyclic) bond motifs is 2. The summed E-state index contributed by atoms with van der Waals surface area (Å²) in [7, 11) is 0. The smallest absolute Gasteiger partial charge is 0.264 e. The van der Waals surface area contributed by atoms with Gasteiger partial charge >= 0.3 is 0 Å². The summed E-state index contributed by atoms with van der Waals surface area (Å²) >= 11 is 0. The molecule has 1 aromatic heterocycles. The lowest BCUT2D eigenvalue weighted by Gasteiger charge is -2.41. The minimum atomic E-state index is 0.101. The maximum Gasteiger partial charge on any atom is 0.264 e. The van der Waals surface area contributed by atoms with Crippen LogP contribution in [0.2, 0.25) is 0 Å². The molecule has 0 bridgehead atoms. The van der Waals surface area contributed by atoms with Crippen LogP contribution >= 0.6 is 0 Å². The number of nitrogens with two attached hydrogens (primary N) is 1. The fraction of sp³-hybridized carbons (Fsp3) is 0.375. The van der Waals surface area contributed by atoms with Crippen molar-refractivity contribution in [3.05, 3.63) is 65.4 Å². The van der Waals surface area contributed by atoms with Gasteiger partial charge in [0.25, 0.3) is 5.84 Å². The van der Waals surface area contributed by atoms with Crippen molar-refractivity contribution >= 4 is 23.0 Å². The van der Waals surface area contributed by atoms with E-state index in [0.717, 1.165) is 34.2 Å². The zero-order valence-electron chi connectivity index (χ0n) is 17.3. The lowest BCUT2D eigenvalue weighted by atomic mass is 9.72. The molecule has 2 aromatic rings. The van der Waals surface area contributed by atoms with Crippen molar-refractivity contribution in [1.82, 2.24) is 9.88 Å². The average Bonchev–Trinajstić information content (AvgIpc) is 2.98. The van der Waals surface area contributed by atoms with Crippen LogP contribution in [-0.2, 0) is 0 Å². The molecule has 1 aromatic carbocycles. The van der Waals surface area contributed by atoms with Crippen molar-refractivity contribution in [2.24, 2.45) is 27.7 Å². The van der Waals surface area contributed by atoms with Crippen molar-refractivity contribution in [1.29, 1.82) is 0 Å². The fourth-order valence-electron chi connectivity index (χ4n) is 5.17. The van der Waals surface area contributed by atoms with Gasteiger partial charge in [-0.2, -0.15) is 10.8 Å². The summed E-state index contributed by atoms with van der Waals surface area (Å²) in [5, 5.41) is 1.17. The van der Waals surface area contributed by atoms with E-state index in [1.165, 1.54) is 49.8 Å². The number of pyridine rings is 1. The molecule has 152 valence electrons. The van der Waals surface area contributed by atoms with Gasteiger partial charge in [0.2, 0.25) is 5.70 Å². The molecule has 0 radical (unpaired) electrons. The Morgan fingerprint density at radius 3 is 2.87 bits per heavy atom. The highest BCUT2D eigenvalue weighted by Gasteiger charge is 2.48. The van der Waals surface area contributed by atoms with Crippen LogP contribution in [0.25, 0.3) is 10.9 Å². The first kappa shape index (κ1) is 18.1. The number of amidine groups is 1. The van der Waals surface area contributed by atoms with Gasteiger partial charge in [-0.1, -0.05) is 6.07 Å². The molecule has 1 aliphatic carbocycles. The summed E-state index contributed by atoms with van der Waals surface area (Å²) < 4.78 is 0.101. The molecule has 1 atom stereocenters. The van der Waals surface area contributed by atoms with Gasteiger partial charge in [-0.25, -0.2) is 0 Å². The van der Waals surface area contributed by atoms with Crippen LogP contribution in [0.1, 0.15) is 30.4 Å². The van der Waals surface area contributed by atoms with E-state index in [1.54, 1.807) is 6.20 Å². The van der Waals surface area contributed by atoms with Gasteiger partial charge in [-0.3, -0.25) is 9.98 Å². The molecule has 1 unspecified atom stereocenters. The Morgan fingerprint density at radius 1 is 1.20 bits per heavy atom. The molecule has 2 N–H and O–H groups in total. The Balaban J connectivity index is 1.34. The van der Waals surface area contributed by atoms with Gasteiger partial charge in [0, 0.05) is 24.0 Å². The normalized spacial score (nSPS) is 30.3. The van der Waals surface area contributed by atoms with Crippen molar-refractivity contribution in [2.45, 2.75) is 26.2 Å². The van der Waals surface area contributed by atoms with Crippen LogP contribution < -0.4 is 5.84 Å². The zero-order valence-corrected chi connectivity index (χ0v) is 17.3. The predicted octanol–water partition coefficient (Wildman–Crippen LogP) is 3.49. The lowest BCUT2D eigenvalue weighted by Crippen LogP contribution is -2.53. The van der Waals surface area contributed by atoms with Gasteiger partial charge in [-0.15, -0.1) is 4.59 Å². The Kier molecular flexibility index (Phi) is 4.03. The number of likely N-dealkylation sites (tertiary alicyclic amines) is 1. The van der Waals surface area contributed by atoms with E-state index in [0.29, 0.717) is 5.92 Å². The maximum absolute atomic E-state index is 6.91. The molecule has 3 aliphatic heterocycles. The van der Waals surface area contributed by atoms with Crippen LogP contribution in [-0.4, -0.2) is 46.2 Å². The molecule has 6 heteroatoms. The molecule has 2 fully saturated rings. The second-order valence-electron chi connectivity index (χ2n) is 9.11. The summed E-state index contributed by atoms with van der Waals surface area (Å²) in [6.45, 7) is 5.89. The van der Waals surface area contributed by atoms with Crippen LogP contribution in [0.3, 0.4) is 0 Å². The average molecular weight is 400 g/mol. The molecular weight excluding hydrogens is 372 g/mol. The van der Waals surface area contributed by atoms with E-state index in [9.17, 15) is 0 Å². The van der Waals surface area contributed by atoms with Gasteiger partial charge < -0.3 is 4.90 Å². The fourth-order valence-corrected chi connectivity index (χ4v) is 5.17. The molecule has 30 heavy (non-hydrogen) atoms.